The van der Waals surface area contributed by atoms with Gasteiger partial charge < -0.3 is 0 Å². The summed E-state index contributed by atoms with van der Waals surface area (Å²) in [6, 6.07) is 81.9. The predicted molar refractivity (Wildman–Crippen MR) is 291 cm³/mol. The van der Waals surface area contributed by atoms with Crippen molar-refractivity contribution in [3.8, 4) is 66.8 Å². The molecule has 1 heteroatoms. The second-order valence-corrected chi connectivity index (χ2v) is 22.4. The van der Waals surface area contributed by atoms with Crippen molar-refractivity contribution in [3.63, 3.8) is 0 Å². The fourth-order valence-electron chi connectivity index (χ4n) is 11.7. The number of allylic oxidation sites excluding steroid dienone is 4. The summed E-state index contributed by atoms with van der Waals surface area (Å²) in [4.78, 5) is 0. The number of aryl methyl sites for hydroxylation is 3. The third kappa shape index (κ3) is 7.68. The SMILES string of the molecule is CC1=C(C)C([Si](c2c(C)cc(-c3ccccc3)cc2-c2ccccc2)(c2c(C)cc(-c3ccccc3)cc2-c2ccccc2)c2c(C)cc(-c3ccccc3)cc2-c2ccccc2)C(C)=C1C. The van der Waals surface area contributed by atoms with Crippen LogP contribution in [0.25, 0.3) is 66.8 Å². The Kier molecular flexibility index (Phi) is 11.8. The van der Waals surface area contributed by atoms with Crippen LogP contribution in [0.15, 0.2) is 241 Å². The molecular formula is C66H58Si. The standard InChI is InChI=1S/C66H58Si/c1-44-38-57(51-26-14-8-15-27-51)41-60(54-32-20-11-21-33-54)63(44)67(66-49(6)47(4)48(5)50(66)7,64-45(2)39-58(52-28-16-9-17-29-52)42-61(64)55-34-22-12-23-35-55)65-46(3)40-59(53-30-18-10-19-31-53)43-62(65)56-36-24-13-25-37-56/h8-43,66H,1-7H3. The van der Waals surface area contributed by atoms with Crippen LogP contribution in [-0.4, -0.2) is 8.07 Å². The van der Waals surface area contributed by atoms with Crippen molar-refractivity contribution in [2.45, 2.75) is 54.0 Å². The van der Waals surface area contributed by atoms with E-state index in [1.165, 1.54) is 121 Å². The van der Waals surface area contributed by atoms with Gasteiger partial charge in [-0.3, -0.25) is 0 Å². The third-order valence-electron chi connectivity index (χ3n) is 14.8. The Morgan fingerprint density at radius 1 is 0.254 bits per heavy atom. The van der Waals surface area contributed by atoms with Crippen LogP contribution in [0.2, 0.25) is 5.54 Å². The van der Waals surface area contributed by atoms with E-state index >= 15 is 0 Å². The van der Waals surface area contributed by atoms with Crippen LogP contribution in [0.3, 0.4) is 0 Å². The molecule has 0 spiro atoms. The van der Waals surface area contributed by atoms with E-state index in [-0.39, 0.29) is 5.54 Å². The molecule has 0 N–H and O–H groups in total. The highest BCUT2D eigenvalue weighted by Crippen LogP contribution is 2.50. The van der Waals surface area contributed by atoms with Crippen LogP contribution in [0, 0.1) is 20.8 Å². The highest BCUT2D eigenvalue weighted by molar-refractivity contribution is 7.15. The van der Waals surface area contributed by atoms with E-state index in [4.69, 9.17) is 0 Å². The molecular weight excluding hydrogens is 821 g/mol. The Bertz CT molecular complexity index is 2970. The lowest BCUT2D eigenvalue weighted by molar-refractivity contribution is 1.09. The van der Waals surface area contributed by atoms with Crippen LogP contribution in [0.1, 0.15) is 44.4 Å². The molecule has 0 heterocycles. The highest BCUT2D eigenvalue weighted by Gasteiger charge is 2.55. The van der Waals surface area contributed by atoms with Crippen molar-refractivity contribution in [1.82, 2.24) is 0 Å². The molecule has 0 aromatic heterocycles. The van der Waals surface area contributed by atoms with Gasteiger partial charge in [-0.25, -0.2) is 0 Å². The lowest BCUT2D eigenvalue weighted by atomic mass is 9.95. The molecule has 0 nitrogen and oxygen atoms in total. The van der Waals surface area contributed by atoms with Gasteiger partial charge in [0.1, 0.15) is 0 Å². The molecule has 10 rings (SSSR count). The number of hydrogen-bond acceptors (Lipinski definition) is 0. The van der Waals surface area contributed by atoms with E-state index < -0.39 is 8.07 Å². The Hall–Kier alpha value is -7.32. The van der Waals surface area contributed by atoms with Crippen molar-refractivity contribution in [2.24, 2.45) is 0 Å². The summed E-state index contributed by atoms with van der Waals surface area (Å²) in [5.74, 6) is 0. The zero-order valence-electron chi connectivity index (χ0n) is 39.9. The zero-order chi connectivity index (χ0) is 46.2. The van der Waals surface area contributed by atoms with Crippen molar-refractivity contribution >= 4 is 23.6 Å². The van der Waals surface area contributed by atoms with Gasteiger partial charge >= 0.3 is 0 Å². The Labute approximate surface area is 399 Å². The first-order valence-corrected chi connectivity index (χ1v) is 25.9. The quantitative estimate of drug-likeness (QED) is 0.0948. The summed E-state index contributed by atoms with van der Waals surface area (Å²) in [6.07, 6.45) is 0. The molecule has 9 aromatic rings. The molecule has 1 aliphatic rings. The molecule has 0 saturated carbocycles. The summed E-state index contributed by atoms with van der Waals surface area (Å²) < 4.78 is 0. The summed E-state index contributed by atoms with van der Waals surface area (Å²) >= 11 is 0. The predicted octanol–water partition coefficient (Wildman–Crippen LogP) is 16.1. The van der Waals surface area contributed by atoms with Gasteiger partial charge in [0.25, 0.3) is 0 Å². The summed E-state index contributed by atoms with van der Waals surface area (Å²) in [5.41, 5.74) is 24.9. The summed E-state index contributed by atoms with van der Waals surface area (Å²) in [5, 5.41) is 4.43. The van der Waals surface area contributed by atoms with Gasteiger partial charge in [0.2, 0.25) is 0 Å². The molecule has 326 valence electrons. The lowest BCUT2D eigenvalue weighted by Gasteiger charge is -2.47. The molecule has 0 atom stereocenters. The van der Waals surface area contributed by atoms with E-state index in [1.54, 1.807) is 0 Å². The molecule has 0 fully saturated rings. The van der Waals surface area contributed by atoms with E-state index in [2.05, 4.69) is 267 Å². The molecule has 0 radical (unpaired) electrons. The van der Waals surface area contributed by atoms with Gasteiger partial charge in [-0.1, -0.05) is 211 Å². The molecule has 0 aliphatic heterocycles. The maximum Gasteiger partial charge on any atom is 0.162 e. The summed E-state index contributed by atoms with van der Waals surface area (Å²) in [6.45, 7) is 17.0. The fraction of sp³-hybridized carbons (Fsp3) is 0.121. The van der Waals surface area contributed by atoms with Gasteiger partial charge in [0.15, 0.2) is 8.07 Å². The van der Waals surface area contributed by atoms with Gasteiger partial charge in [0, 0.05) is 5.54 Å². The minimum Gasteiger partial charge on any atom is -0.0647 e. The van der Waals surface area contributed by atoms with Crippen molar-refractivity contribution in [3.05, 3.63) is 257 Å². The first kappa shape index (κ1) is 43.6. The second-order valence-electron chi connectivity index (χ2n) is 18.7. The maximum absolute atomic E-state index is 3.50. The number of benzene rings is 9. The first-order valence-electron chi connectivity index (χ1n) is 23.8. The topological polar surface area (TPSA) is 0 Å². The first-order chi connectivity index (χ1) is 32.7. The molecule has 0 bridgehead atoms. The van der Waals surface area contributed by atoms with Crippen LogP contribution in [0.5, 0.6) is 0 Å². The second kappa shape index (κ2) is 18.2. The largest absolute Gasteiger partial charge is 0.162 e. The molecule has 0 unspecified atom stereocenters. The van der Waals surface area contributed by atoms with Crippen molar-refractivity contribution in [1.29, 1.82) is 0 Å². The van der Waals surface area contributed by atoms with Crippen LogP contribution in [-0.2, 0) is 0 Å². The van der Waals surface area contributed by atoms with Crippen LogP contribution >= 0.6 is 0 Å². The Morgan fingerprint density at radius 2 is 0.478 bits per heavy atom. The van der Waals surface area contributed by atoms with Crippen LogP contribution < -0.4 is 15.6 Å². The normalized spacial score (nSPS) is 13.1. The fourth-order valence-corrected chi connectivity index (χ4v) is 19.0. The molecule has 9 aromatic carbocycles. The lowest BCUT2D eigenvalue weighted by Crippen LogP contribution is -2.73. The summed E-state index contributed by atoms with van der Waals surface area (Å²) in [7, 11) is -3.50. The maximum atomic E-state index is 2.53. The highest BCUT2D eigenvalue weighted by atomic mass is 28.3. The van der Waals surface area contributed by atoms with Gasteiger partial charge in [-0.05, 0) is 177 Å². The minimum atomic E-state index is -3.50. The average Bonchev–Trinajstić information content (AvgIpc) is 3.57. The smallest absolute Gasteiger partial charge is 0.0647 e. The van der Waals surface area contributed by atoms with Gasteiger partial charge in [-0.2, -0.15) is 0 Å². The average molecular weight is 879 g/mol. The molecule has 1 aliphatic carbocycles. The number of rotatable bonds is 10. The van der Waals surface area contributed by atoms with Gasteiger partial charge in [-0.15, -0.1) is 0 Å². The molecule has 67 heavy (non-hydrogen) atoms. The van der Waals surface area contributed by atoms with Gasteiger partial charge in [0.05, 0.1) is 0 Å². The number of hydrogen-bond donors (Lipinski definition) is 0. The third-order valence-corrected chi connectivity index (χ3v) is 20.9. The van der Waals surface area contributed by atoms with E-state index in [0.717, 1.165) is 0 Å². The Morgan fingerprint density at radius 3 is 0.716 bits per heavy atom. The van der Waals surface area contributed by atoms with Crippen LogP contribution in [0.4, 0.5) is 0 Å². The molecule has 0 amide bonds. The van der Waals surface area contributed by atoms with E-state index in [9.17, 15) is 0 Å². The zero-order valence-corrected chi connectivity index (χ0v) is 40.9. The molecule has 0 saturated heterocycles. The van der Waals surface area contributed by atoms with Crippen molar-refractivity contribution in [2.75, 3.05) is 0 Å². The van der Waals surface area contributed by atoms with E-state index in [1.807, 2.05) is 0 Å². The minimum absolute atomic E-state index is 0.101. The van der Waals surface area contributed by atoms with Crippen molar-refractivity contribution < 1.29 is 0 Å². The monoisotopic (exact) mass is 878 g/mol. The Balaban J connectivity index is 1.50. The van der Waals surface area contributed by atoms with E-state index in [0.29, 0.717) is 0 Å².